The first kappa shape index (κ1) is 21.7. The van der Waals surface area contributed by atoms with E-state index in [0.29, 0.717) is 38.7 Å². The lowest BCUT2D eigenvalue weighted by molar-refractivity contribution is -0.139. The Morgan fingerprint density at radius 3 is 2.72 bits per heavy atom. The van der Waals surface area contributed by atoms with Crippen LogP contribution in [-0.2, 0) is 17.5 Å². The van der Waals surface area contributed by atoms with Gasteiger partial charge in [-0.05, 0) is 37.1 Å². The third kappa shape index (κ3) is 6.13. The molecule has 1 unspecified atom stereocenters. The predicted molar refractivity (Wildman–Crippen MR) is 88.7 cm³/mol. The van der Waals surface area contributed by atoms with Gasteiger partial charge in [0, 0.05) is 26.2 Å². The Balaban J connectivity index is 0.00000312. The van der Waals surface area contributed by atoms with Crippen LogP contribution in [0, 0.1) is 11.7 Å². The maximum absolute atomic E-state index is 13.2. The summed E-state index contributed by atoms with van der Waals surface area (Å²) < 4.78 is 52.4. The zero-order valence-electron chi connectivity index (χ0n) is 13.6. The fourth-order valence-corrected chi connectivity index (χ4v) is 2.94. The standard InChI is InChI=1S/C16H21F4N3O.ClH/c17-13-4-3-11(14(8-13)16(18,19)20)9-23-7-1-2-12(10-23)15(24)22-6-5-21;/h3-4,8,12H,1-2,5-7,9-10,21H2,(H,22,24);1H. The number of piperidine rings is 1. The molecule has 0 aromatic heterocycles. The van der Waals surface area contributed by atoms with Crippen molar-refractivity contribution < 1.29 is 22.4 Å². The molecule has 0 spiro atoms. The molecule has 2 rings (SSSR count). The maximum Gasteiger partial charge on any atom is 0.416 e. The van der Waals surface area contributed by atoms with Crippen molar-refractivity contribution >= 4 is 18.3 Å². The van der Waals surface area contributed by atoms with Gasteiger partial charge in [0.15, 0.2) is 0 Å². The van der Waals surface area contributed by atoms with Crippen LogP contribution < -0.4 is 11.1 Å². The average molecular weight is 384 g/mol. The number of amides is 1. The largest absolute Gasteiger partial charge is 0.416 e. The quantitative estimate of drug-likeness (QED) is 0.768. The van der Waals surface area contributed by atoms with E-state index in [4.69, 9.17) is 5.73 Å². The molecule has 3 N–H and O–H groups in total. The zero-order chi connectivity index (χ0) is 17.7. The Hall–Kier alpha value is -1.38. The minimum Gasteiger partial charge on any atom is -0.355 e. The molecule has 1 amide bonds. The number of alkyl halides is 3. The first-order valence-electron chi connectivity index (χ1n) is 7.87. The SMILES string of the molecule is Cl.NCCNC(=O)C1CCCN(Cc2ccc(F)cc2C(F)(F)F)C1. The van der Waals surface area contributed by atoms with E-state index < -0.39 is 17.6 Å². The number of nitrogens with two attached hydrogens (primary N) is 1. The van der Waals surface area contributed by atoms with Gasteiger partial charge in [0.25, 0.3) is 0 Å². The summed E-state index contributed by atoms with van der Waals surface area (Å²) in [5.41, 5.74) is 4.40. The lowest BCUT2D eigenvalue weighted by atomic mass is 9.96. The van der Waals surface area contributed by atoms with Gasteiger partial charge >= 0.3 is 6.18 Å². The molecule has 1 aromatic carbocycles. The van der Waals surface area contributed by atoms with Gasteiger partial charge in [-0.1, -0.05) is 6.07 Å². The molecular weight excluding hydrogens is 362 g/mol. The average Bonchev–Trinajstić information content (AvgIpc) is 2.53. The Labute approximate surface area is 150 Å². The first-order chi connectivity index (χ1) is 11.3. The minimum absolute atomic E-state index is 0. The van der Waals surface area contributed by atoms with E-state index in [1.54, 1.807) is 4.90 Å². The lowest BCUT2D eigenvalue weighted by Crippen LogP contribution is -2.43. The van der Waals surface area contributed by atoms with Crippen LogP contribution >= 0.6 is 12.4 Å². The van der Waals surface area contributed by atoms with Crippen LogP contribution in [0.4, 0.5) is 17.6 Å². The van der Waals surface area contributed by atoms with Crippen molar-refractivity contribution in [3.05, 3.63) is 35.1 Å². The highest BCUT2D eigenvalue weighted by Crippen LogP contribution is 2.33. The molecule has 1 atom stereocenters. The van der Waals surface area contributed by atoms with Crippen molar-refractivity contribution in [3.63, 3.8) is 0 Å². The highest BCUT2D eigenvalue weighted by molar-refractivity contribution is 5.85. The number of benzene rings is 1. The van der Waals surface area contributed by atoms with Gasteiger partial charge in [-0.25, -0.2) is 4.39 Å². The Bertz CT molecular complexity index is 583. The van der Waals surface area contributed by atoms with Gasteiger partial charge in [0.1, 0.15) is 5.82 Å². The van der Waals surface area contributed by atoms with Crippen LogP contribution in [0.2, 0.25) is 0 Å². The summed E-state index contributed by atoms with van der Waals surface area (Å²) in [7, 11) is 0. The molecule has 1 saturated heterocycles. The summed E-state index contributed by atoms with van der Waals surface area (Å²) in [5.74, 6) is -1.30. The van der Waals surface area contributed by atoms with Crippen molar-refractivity contribution in [1.82, 2.24) is 10.2 Å². The summed E-state index contributed by atoms with van der Waals surface area (Å²) >= 11 is 0. The second kappa shape index (κ2) is 9.35. The molecule has 9 heteroatoms. The van der Waals surface area contributed by atoms with Crippen LogP contribution in [0.15, 0.2) is 18.2 Å². The second-order valence-electron chi connectivity index (χ2n) is 5.95. The second-order valence-corrected chi connectivity index (χ2v) is 5.95. The Morgan fingerprint density at radius 2 is 2.08 bits per heavy atom. The summed E-state index contributed by atoms with van der Waals surface area (Å²) in [6, 6.07) is 2.71. The molecule has 0 bridgehead atoms. The van der Waals surface area contributed by atoms with Crippen molar-refractivity contribution in [3.8, 4) is 0 Å². The normalized spacial score (nSPS) is 18.5. The van der Waals surface area contributed by atoms with Gasteiger partial charge in [0.2, 0.25) is 5.91 Å². The summed E-state index contributed by atoms with van der Waals surface area (Å²) in [4.78, 5) is 13.8. The number of nitrogens with zero attached hydrogens (tertiary/aromatic N) is 1. The van der Waals surface area contributed by atoms with Gasteiger partial charge in [0.05, 0.1) is 11.5 Å². The van der Waals surface area contributed by atoms with Crippen LogP contribution in [0.1, 0.15) is 24.0 Å². The molecule has 1 heterocycles. The lowest BCUT2D eigenvalue weighted by Gasteiger charge is -2.32. The summed E-state index contributed by atoms with van der Waals surface area (Å²) in [6.45, 7) is 1.74. The van der Waals surface area contributed by atoms with Crippen LogP contribution in [0.5, 0.6) is 0 Å². The number of rotatable bonds is 5. The van der Waals surface area contributed by atoms with E-state index >= 15 is 0 Å². The minimum atomic E-state index is -4.61. The highest BCUT2D eigenvalue weighted by Gasteiger charge is 2.35. The number of carbonyl (C=O) groups is 1. The Morgan fingerprint density at radius 1 is 1.36 bits per heavy atom. The van der Waals surface area contributed by atoms with Gasteiger partial charge in [-0.15, -0.1) is 12.4 Å². The zero-order valence-corrected chi connectivity index (χ0v) is 14.4. The fraction of sp³-hybridized carbons (Fsp3) is 0.562. The number of hydrogen-bond acceptors (Lipinski definition) is 3. The Kier molecular flexibility index (Phi) is 8.11. The van der Waals surface area contributed by atoms with Crippen molar-refractivity contribution in [1.29, 1.82) is 0 Å². The number of hydrogen-bond donors (Lipinski definition) is 2. The fourth-order valence-electron chi connectivity index (χ4n) is 2.94. The molecule has 1 aliphatic heterocycles. The molecule has 142 valence electrons. The molecule has 25 heavy (non-hydrogen) atoms. The maximum atomic E-state index is 13.2. The predicted octanol–water partition coefficient (Wildman–Crippen LogP) is 2.55. The van der Waals surface area contributed by atoms with E-state index in [0.717, 1.165) is 18.6 Å². The third-order valence-electron chi connectivity index (χ3n) is 4.09. The molecular formula is C16H22ClF4N3O. The number of nitrogens with one attached hydrogen (secondary N) is 1. The molecule has 1 fully saturated rings. The highest BCUT2D eigenvalue weighted by atomic mass is 35.5. The molecule has 1 aliphatic rings. The van der Waals surface area contributed by atoms with Crippen molar-refractivity contribution in [2.24, 2.45) is 11.7 Å². The monoisotopic (exact) mass is 383 g/mol. The molecule has 0 saturated carbocycles. The van der Waals surface area contributed by atoms with Crippen LogP contribution in [-0.4, -0.2) is 37.0 Å². The van der Waals surface area contributed by atoms with Crippen molar-refractivity contribution in [2.75, 3.05) is 26.2 Å². The van der Waals surface area contributed by atoms with Crippen molar-refractivity contribution in [2.45, 2.75) is 25.6 Å². The molecule has 1 aromatic rings. The number of likely N-dealkylation sites (tertiary alicyclic amines) is 1. The summed E-state index contributed by atoms with van der Waals surface area (Å²) in [5, 5.41) is 2.71. The van der Waals surface area contributed by atoms with E-state index in [9.17, 15) is 22.4 Å². The molecule has 4 nitrogen and oxygen atoms in total. The third-order valence-corrected chi connectivity index (χ3v) is 4.09. The van der Waals surface area contributed by atoms with Crippen LogP contribution in [0.25, 0.3) is 0 Å². The smallest absolute Gasteiger partial charge is 0.355 e. The van der Waals surface area contributed by atoms with E-state index in [2.05, 4.69) is 5.32 Å². The van der Waals surface area contributed by atoms with Crippen LogP contribution in [0.3, 0.4) is 0 Å². The van der Waals surface area contributed by atoms with E-state index in [1.807, 2.05) is 0 Å². The van der Waals surface area contributed by atoms with Gasteiger partial charge < -0.3 is 11.1 Å². The van der Waals surface area contributed by atoms with Gasteiger partial charge in [-0.3, -0.25) is 9.69 Å². The first-order valence-corrected chi connectivity index (χ1v) is 7.87. The number of carbonyl (C=O) groups excluding carboxylic acids is 1. The van der Waals surface area contributed by atoms with Gasteiger partial charge in [-0.2, -0.15) is 13.2 Å². The topological polar surface area (TPSA) is 58.4 Å². The number of halogens is 5. The summed E-state index contributed by atoms with van der Waals surface area (Å²) in [6.07, 6.45) is -3.18. The molecule has 0 radical (unpaired) electrons. The van der Waals surface area contributed by atoms with E-state index in [1.165, 1.54) is 0 Å². The molecule has 0 aliphatic carbocycles. The van der Waals surface area contributed by atoms with E-state index in [-0.39, 0.29) is 36.3 Å².